The molecule has 0 aliphatic carbocycles. The number of aromatic nitrogens is 1. The number of esters is 1. The predicted octanol–water partition coefficient (Wildman–Crippen LogP) is 2.62. The fourth-order valence-electron chi connectivity index (χ4n) is 3.27. The molecule has 1 atom stereocenters. The van der Waals surface area contributed by atoms with E-state index in [4.69, 9.17) is 4.74 Å². The van der Waals surface area contributed by atoms with Crippen LogP contribution in [0.3, 0.4) is 0 Å². The second-order valence-corrected chi connectivity index (χ2v) is 6.87. The number of nitrogens with zero attached hydrogens (tertiary/aromatic N) is 3. The van der Waals surface area contributed by atoms with E-state index < -0.39 is 12.1 Å². The molecule has 0 saturated carbocycles. The van der Waals surface area contributed by atoms with Crippen LogP contribution in [0.2, 0.25) is 0 Å². The molecule has 2 aromatic rings. The summed E-state index contributed by atoms with van der Waals surface area (Å²) in [6, 6.07) is 12.1. The molecule has 0 radical (unpaired) electrons. The number of ether oxygens (including phenoxy) is 2. The number of amides is 1. The van der Waals surface area contributed by atoms with E-state index in [1.54, 1.807) is 4.90 Å². The molecule has 0 spiro atoms. The van der Waals surface area contributed by atoms with E-state index in [1.165, 1.54) is 31.1 Å². The molecule has 28 heavy (non-hydrogen) atoms. The van der Waals surface area contributed by atoms with Gasteiger partial charge in [0.05, 0.1) is 18.9 Å². The van der Waals surface area contributed by atoms with Crippen LogP contribution >= 0.6 is 0 Å². The van der Waals surface area contributed by atoms with Crippen molar-refractivity contribution in [2.75, 3.05) is 33.8 Å². The Bertz CT molecular complexity index is 812. The highest BCUT2D eigenvalue weighted by molar-refractivity contribution is 5.89. The topological polar surface area (TPSA) is 72.0 Å². The Balaban J connectivity index is 1.58. The molecule has 1 saturated heterocycles. The van der Waals surface area contributed by atoms with Gasteiger partial charge in [-0.3, -0.25) is 9.88 Å². The Hall–Kier alpha value is -2.93. The molecule has 0 bridgehead atoms. The van der Waals surface area contributed by atoms with Gasteiger partial charge in [0.15, 0.2) is 5.75 Å². The average Bonchev–Trinajstić information content (AvgIpc) is 2.73. The Morgan fingerprint density at radius 2 is 1.96 bits per heavy atom. The number of pyridine rings is 1. The molecule has 1 amide bonds. The van der Waals surface area contributed by atoms with E-state index in [1.807, 2.05) is 18.2 Å². The van der Waals surface area contributed by atoms with Crippen molar-refractivity contribution in [1.82, 2.24) is 14.8 Å². The van der Waals surface area contributed by atoms with Gasteiger partial charge in [0.25, 0.3) is 0 Å². The first kappa shape index (κ1) is 19.8. The lowest BCUT2D eigenvalue weighted by Gasteiger charge is -2.38. The largest absolute Gasteiger partial charge is 0.465 e. The summed E-state index contributed by atoms with van der Waals surface area (Å²) >= 11 is 0. The minimum atomic E-state index is -0.522. The third kappa shape index (κ3) is 5.07. The molecule has 1 aromatic heterocycles. The SMILES string of the molecule is COC(=O)c1cncc(OC(=O)N2CCN(C)C(CCc3ccccc3)C2)c1. The second kappa shape index (κ2) is 9.32. The molecule has 1 fully saturated rings. The molecule has 148 valence electrons. The molecule has 1 aliphatic rings. The van der Waals surface area contributed by atoms with Gasteiger partial charge in [-0.25, -0.2) is 9.59 Å². The lowest BCUT2D eigenvalue weighted by Crippen LogP contribution is -2.54. The highest BCUT2D eigenvalue weighted by Gasteiger charge is 2.28. The average molecular weight is 383 g/mol. The van der Waals surface area contributed by atoms with Crippen molar-refractivity contribution < 1.29 is 19.1 Å². The second-order valence-electron chi connectivity index (χ2n) is 6.87. The minimum absolute atomic E-state index is 0.229. The fourth-order valence-corrected chi connectivity index (χ4v) is 3.27. The third-order valence-electron chi connectivity index (χ3n) is 4.98. The number of likely N-dealkylation sites (N-methyl/N-ethyl adjacent to an activating group) is 1. The molecular weight excluding hydrogens is 358 g/mol. The van der Waals surface area contributed by atoms with Gasteiger partial charge in [-0.15, -0.1) is 0 Å². The molecule has 1 aliphatic heterocycles. The van der Waals surface area contributed by atoms with Gasteiger partial charge >= 0.3 is 12.1 Å². The Morgan fingerprint density at radius 1 is 1.18 bits per heavy atom. The van der Waals surface area contributed by atoms with Crippen molar-refractivity contribution in [2.24, 2.45) is 0 Å². The summed E-state index contributed by atoms with van der Waals surface area (Å²) in [5, 5.41) is 0. The van der Waals surface area contributed by atoms with Gasteiger partial charge in [-0.2, -0.15) is 0 Å². The zero-order valence-electron chi connectivity index (χ0n) is 16.2. The number of aryl methyl sites for hydroxylation is 1. The summed E-state index contributed by atoms with van der Waals surface area (Å²) in [5.74, 6) is -0.293. The van der Waals surface area contributed by atoms with Crippen LogP contribution in [-0.2, 0) is 11.2 Å². The highest BCUT2D eigenvalue weighted by Crippen LogP contribution is 2.17. The van der Waals surface area contributed by atoms with Crippen molar-refractivity contribution in [3.8, 4) is 5.75 Å². The van der Waals surface area contributed by atoms with Gasteiger partial charge < -0.3 is 14.4 Å². The van der Waals surface area contributed by atoms with E-state index in [2.05, 4.69) is 33.8 Å². The number of methoxy groups -OCH3 is 1. The quantitative estimate of drug-likeness (QED) is 0.739. The number of carbonyl (C=O) groups excluding carboxylic acids is 2. The van der Waals surface area contributed by atoms with Crippen LogP contribution in [0.1, 0.15) is 22.3 Å². The lowest BCUT2D eigenvalue weighted by molar-refractivity contribution is 0.0598. The van der Waals surface area contributed by atoms with Gasteiger partial charge in [0, 0.05) is 31.9 Å². The third-order valence-corrected chi connectivity index (χ3v) is 4.98. The van der Waals surface area contributed by atoms with Crippen LogP contribution < -0.4 is 4.74 Å². The number of piperazine rings is 1. The van der Waals surface area contributed by atoms with Crippen LogP contribution in [-0.4, -0.2) is 66.7 Å². The summed E-state index contributed by atoms with van der Waals surface area (Å²) < 4.78 is 10.1. The molecule has 7 nitrogen and oxygen atoms in total. The molecule has 3 rings (SSSR count). The monoisotopic (exact) mass is 383 g/mol. The van der Waals surface area contributed by atoms with E-state index in [0.717, 1.165) is 19.4 Å². The lowest BCUT2D eigenvalue weighted by atomic mass is 10.0. The maximum Gasteiger partial charge on any atom is 0.415 e. The fraction of sp³-hybridized carbons (Fsp3) is 0.381. The van der Waals surface area contributed by atoms with Crippen LogP contribution in [0, 0.1) is 0 Å². The molecule has 1 unspecified atom stereocenters. The number of hydrogen-bond donors (Lipinski definition) is 0. The summed E-state index contributed by atoms with van der Waals surface area (Å²) in [6.45, 7) is 1.99. The number of benzene rings is 1. The van der Waals surface area contributed by atoms with Crippen LogP contribution in [0.4, 0.5) is 4.79 Å². The Kier molecular flexibility index (Phi) is 6.60. The number of rotatable bonds is 5. The van der Waals surface area contributed by atoms with Crippen molar-refractivity contribution >= 4 is 12.1 Å². The smallest absolute Gasteiger partial charge is 0.415 e. The van der Waals surface area contributed by atoms with E-state index in [9.17, 15) is 9.59 Å². The number of carbonyl (C=O) groups is 2. The first-order valence-corrected chi connectivity index (χ1v) is 9.31. The predicted molar refractivity (Wildman–Crippen MR) is 104 cm³/mol. The molecule has 1 aromatic carbocycles. The molecule has 7 heteroatoms. The highest BCUT2D eigenvalue weighted by atomic mass is 16.6. The van der Waals surface area contributed by atoms with Gasteiger partial charge in [-0.05, 0) is 31.5 Å². The maximum atomic E-state index is 12.6. The Morgan fingerprint density at radius 3 is 2.71 bits per heavy atom. The zero-order chi connectivity index (χ0) is 19.9. The van der Waals surface area contributed by atoms with Crippen LogP contribution in [0.15, 0.2) is 48.8 Å². The first-order chi connectivity index (χ1) is 13.6. The van der Waals surface area contributed by atoms with Crippen molar-refractivity contribution in [3.63, 3.8) is 0 Å². The maximum absolute atomic E-state index is 12.6. The first-order valence-electron chi connectivity index (χ1n) is 9.31. The zero-order valence-corrected chi connectivity index (χ0v) is 16.2. The van der Waals surface area contributed by atoms with E-state index >= 15 is 0 Å². The normalized spacial score (nSPS) is 17.2. The van der Waals surface area contributed by atoms with Gasteiger partial charge in [-0.1, -0.05) is 30.3 Å². The molecule has 2 heterocycles. The minimum Gasteiger partial charge on any atom is -0.465 e. The van der Waals surface area contributed by atoms with Crippen molar-refractivity contribution in [2.45, 2.75) is 18.9 Å². The van der Waals surface area contributed by atoms with Crippen LogP contribution in [0.25, 0.3) is 0 Å². The van der Waals surface area contributed by atoms with Gasteiger partial charge in [0.2, 0.25) is 0 Å². The number of hydrogen-bond acceptors (Lipinski definition) is 6. The van der Waals surface area contributed by atoms with Crippen molar-refractivity contribution in [3.05, 3.63) is 59.9 Å². The van der Waals surface area contributed by atoms with E-state index in [0.29, 0.717) is 13.1 Å². The van der Waals surface area contributed by atoms with E-state index in [-0.39, 0.29) is 17.4 Å². The van der Waals surface area contributed by atoms with Gasteiger partial charge in [0.1, 0.15) is 0 Å². The summed E-state index contributed by atoms with van der Waals surface area (Å²) in [7, 11) is 3.38. The molecule has 0 N–H and O–H groups in total. The van der Waals surface area contributed by atoms with Crippen molar-refractivity contribution in [1.29, 1.82) is 0 Å². The summed E-state index contributed by atoms with van der Waals surface area (Å²) in [4.78, 5) is 32.1. The summed E-state index contributed by atoms with van der Waals surface area (Å²) in [5.41, 5.74) is 1.54. The Labute approximate surface area is 164 Å². The molecular formula is C21H25N3O4. The van der Waals surface area contributed by atoms with Crippen LogP contribution in [0.5, 0.6) is 5.75 Å². The standard InChI is InChI=1S/C21H25N3O4/c1-23-10-11-24(15-18(23)9-8-16-6-4-3-5-7-16)21(26)28-19-12-17(13-22-14-19)20(25)27-2/h3-7,12-14,18H,8-11,15H2,1-2H3. The summed E-state index contributed by atoms with van der Waals surface area (Å²) in [6.07, 6.45) is 4.28.